The number of rotatable bonds is 4. The smallest absolute Gasteiger partial charge is 0.332 e. The molecule has 5 nitrogen and oxygen atoms in total. The van der Waals surface area contributed by atoms with Crippen LogP contribution in [0.15, 0.2) is 21.3 Å². The number of hydrogen-bond donors (Lipinski definition) is 0. The lowest BCUT2D eigenvalue weighted by molar-refractivity contribution is -0.160. The lowest BCUT2D eigenvalue weighted by Crippen LogP contribution is -2.54. The molecule has 0 spiro atoms. The summed E-state index contributed by atoms with van der Waals surface area (Å²) in [5.74, 6) is -0.222. The zero-order valence-electron chi connectivity index (χ0n) is 13.2. The molecule has 3 aliphatic rings. The Morgan fingerprint density at radius 3 is 2.82 bits per heavy atom. The first kappa shape index (κ1) is 16.4. The molecular weight excluding hydrogens is 397 g/mol. The molecule has 122 valence electrons. The standard InChI is InChI=1S/C16H22INO4/c1-4-16-10(9-14(19)22-16)11(17)7-8-18-12(5-6-13(16)18)15(20-2)21-3/h7,9,12-13,15H,4-6,8H2,1-3H3/t12?,13-,16+/m1/s1. The van der Waals surface area contributed by atoms with Gasteiger partial charge in [-0.2, -0.15) is 0 Å². The first-order chi connectivity index (χ1) is 10.6. The minimum atomic E-state index is -0.526. The molecule has 0 aromatic heterocycles. The Labute approximate surface area is 144 Å². The van der Waals surface area contributed by atoms with Crippen molar-refractivity contribution in [3.8, 4) is 0 Å². The summed E-state index contributed by atoms with van der Waals surface area (Å²) in [6.45, 7) is 2.92. The maximum absolute atomic E-state index is 12.0. The summed E-state index contributed by atoms with van der Waals surface area (Å²) in [5, 5.41) is 0. The molecule has 1 fully saturated rings. The number of methoxy groups -OCH3 is 2. The van der Waals surface area contributed by atoms with Gasteiger partial charge in [0, 0.05) is 36.0 Å². The number of esters is 1. The zero-order chi connectivity index (χ0) is 15.9. The molecule has 0 aromatic rings. The summed E-state index contributed by atoms with van der Waals surface area (Å²) in [6, 6.07) is 0.360. The molecule has 0 N–H and O–H groups in total. The Kier molecular flexibility index (Phi) is 4.64. The van der Waals surface area contributed by atoms with Gasteiger partial charge in [0.25, 0.3) is 0 Å². The van der Waals surface area contributed by atoms with Crippen molar-refractivity contribution in [1.29, 1.82) is 0 Å². The number of carbonyl (C=O) groups excluding carboxylic acids is 1. The third-order valence-corrected chi connectivity index (χ3v) is 6.17. The maximum Gasteiger partial charge on any atom is 0.332 e. The summed E-state index contributed by atoms with van der Waals surface area (Å²) in [4.78, 5) is 14.3. The Hall–Kier alpha value is -0.440. The van der Waals surface area contributed by atoms with E-state index in [1.54, 1.807) is 20.3 Å². The fourth-order valence-corrected chi connectivity index (χ4v) is 4.98. The van der Waals surface area contributed by atoms with Crippen molar-refractivity contribution in [2.45, 2.75) is 50.2 Å². The van der Waals surface area contributed by atoms with Crippen LogP contribution in [-0.4, -0.2) is 55.6 Å². The van der Waals surface area contributed by atoms with Crippen LogP contribution in [0, 0.1) is 0 Å². The quantitative estimate of drug-likeness (QED) is 0.398. The number of fused-ring (bicyclic) bond motifs is 3. The second-order valence-corrected chi connectivity index (χ2v) is 7.13. The summed E-state index contributed by atoms with van der Waals surface area (Å²) in [7, 11) is 3.35. The number of hydrogen-bond acceptors (Lipinski definition) is 5. The third kappa shape index (κ3) is 2.35. The largest absolute Gasteiger partial charge is 0.449 e. The molecule has 1 unspecified atom stereocenters. The van der Waals surface area contributed by atoms with E-state index in [4.69, 9.17) is 14.2 Å². The van der Waals surface area contributed by atoms with Crippen LogP contribution in [-0.2, 0) is 19.0 Å². The van der Waals surface area contributed by atoms with E-state index >= 15 is 0 Å². The Morgan fingerprint density at radius 1 is 1.45 bits per heavy atom. The molecule has 1 saturated heterocycles. The zero-order valence-corrected chi connectivity index (χ0v) is 15.3. The summed E-state index contributed by atoms with van der Waals surface area (Å²) in [6.07, 6.45) is 6.33. The van der Waals surface area contributed by atoms with E-state index in [9.17, 15) is 4.79 Å². The Morgan fingerprint density at radius 2 is 2.18 bits per heavy atom. The highest BCUT2D eigenvalue weighted by Crippen LogP contribution is 2.49. The molecule has 3 heterocycles. The van der Waals surface area contributed by atoms with Crippen molar-refractivity contribution in [1.82, 2.24) is 4.90 Å². The molecule has 6 heteroatoms. The van der Waals surface area contributed by atoms with Gasteiger partial charge in [0.05, 0.1) is 12.1 Å². The van der Waals surface area contributed by atoms with Crippen LogP contribution in [0.1, 0.15) is 26.2 Å². The van der Waals surface area contributed by atoms with Gasteiger partial charge in [0.1, 0.15) is 0 Å². The van der Waals surface area contributed by atoms with Crippen LogP contribution < -0.4 is 0 Å². The van der Waals surface area contributed by atoms with Gasteiger partial charge >= 0.3 is 5.97 Å². The van der Waals surface area contributed by atoms with Gasteiger partial charge in [-0.1, -0.05) is 13.0 Å². The molecular formula is C16H22INO4. The summed E-state index contributed by atoms with van der Waals surface area (Å²) in [5.41, 5.74) is 0.515. The summed E-state index contributed by atoms with van der Waals surface area (Å²) >= 11 is 2.32. The fourth-order valence-electron chi connectivity index (χ4n) is 4.17. The van der Waals surface area contributed by atoms with Crippen LogP contribution >= 0.6 is 22.6 Å². The average molecular weight is 419 g/mol. The van der Waals surface area contributed by atoms with E-state index < -0.39 is 5.60 Å². The molecule has 3 rings (SSSR count). The van der Waals surface area contributed by atoms with Crippen molar-refractivity contribution in [3.63, 3.8) is 0 Å². The van der Waals surface area contributed by atoms with Gasteiger partial charge < -0.3 is 14.2 Å². The van der Waals surface area contributed by atoms with E-state index in [2.05, 4.69) is 40.5 Å². The predicted molar refractivity (Wildman–Crippen MR) is 90.6 cm³/mol. The van der Waals surface area contributed by atoms with Crippen LogP contribution in [0.5, 0.6) is 0 Å². The van der Waals surface area contributed by atoms with Crippen LogP contribution in [0.2, 0.25) is 0 Å². The second-order valence-electron chi connectivity index (χ2n) is 5.97. The highest BCUT2D eigenvalue weighted by molar-refractivity contribution is 14.1. The van der Waals surface area contributed by atoms with E-state index in [1.807, 2.05) is 0 Å². The average Bonchev–Trinajstić information content (AvgIpc) is 3.05. The van der Waals surface area contributed by atoms with Gasteiger partial charge in [-0.05, 0) is 41.9 Å². The van der Waals surface area contributed by atoms with Gasteiger partial charge in [0.2, 0.25) is 0 Å². The van der Waals surface area contributed by atoms with Crippen LogP contribution in [0.25, 0.3) is 0 Å². The molecule has 0 aliphatic carbocycles. The van der Waals surface area contributed by atoms with Gasteiger partial charge in [-0.3, -0.25) is 4.90 Å². The molecule has 0 amide bonds. The first-order valence-electron chi connectivity index (χ1n) is 7.70. The highest BCUT2D eigenvalue weighted by Gasteiger charge is 2.56. The van der Waals surface area contributed by atoms with E-state index in [0.717, 1.165) is 35.0 Å². The van der Waals surface area contributed by atoms with Crippen molar-refractivity contribution in [2.24, 2.45) is 0 Å². The Balaban J connectivity index is 2.00. The van der Waals surface area contributed by atoms with Crippen molar-refractivity contribution in [2.75, 3.05) is 20.8 Å². The van der Waals surface area contributed by atoms with E-state index in [0.29, 0.717) is 0 Å². The highest BCUT2D eigenvalue weighted by atomic mass is 127. The van der Waals surface area contributed by atoms with Crippen LogP contribution in [0.3, 0.4) is 0 Å². The first-order valence-corrected chi connectivity index (χ1v) is 8.77. The number of ether oxygens (including phenoxy) is 3. The van der Waals surface area contributed by atoms with E-state index in [-0.39, 0.29) is 24.3 Å². The second kappa shape index (κ2) is 6.22. The van der Waals surface area contributed by atoms with Crippen molar-refractivity contribution >= 4 is 28.6 Å². The van der Waals surface area contributed by atoms with Gasteiger partial charge in [-0.15, -0.1) is 0 Å². The Bertz CT molecular complexity index is 528. The van der Waals surface area contributed by atoms with Crippen molar-refractivity contribution < 1.29 is 19.0 Å². The number of nitrogens with zero attached hydrogens (tertiary/aromatic N) is 1. The lowest BCUT2D eigenvalue weighted by atomic mass is 9.83. The normalized spacial score (nSPS) is 34.9. The lowest BCUT2D eigenvalue weighted by Gasteiger charge is -2.41. The van der Waals surface area contributed by atoms with Gasteiger partial charge in [-0.25, -0.2) is 4.79 Å². The molecule has 0 saturated carbocycles. The molecule has 0 bridgehead atoms. The molecule has 3 aliphatic heterocycles. The topological polar surface area (TPSA) is 48.0 Å². The van der Waals surface area contributed by atoms with E-state index in [1.165, 1.54) is 0 Å². The molecule has 22 heavy (non-hydrogen) atoms. The minimum Gasteiger partial charge on any atom is -0.449 e. The number of carbonyl (C=O) groups is 1. The summed E-state index contributed by atoms with van der Waals surface area (Å²) < 4.78 is 18.0. The monoisotopic (exact) mass is 419 g/mol. The SMILES string of the molecule is CC[C@]12OC(=O)C=C1C(I)=CCN1C(C(OC)OC)CC[C@@H]12. The van der Waals surface area contributed by atoms with Gasteiger partial charge in [0.15, 0.2) is 11.9 Å². The number of halogens is 1. The maximum atomic E-state index is 12.0. The fraction of sp³-hybridized carbons (Fsp3) is 0.688. The molecule has 0 aromatic carbocycles. The molecule has 0 radical (unpaired) electrons. The van der Waals surface area contributed by atoms with Crippen molar-refractivity contribution in [3.05, 3.63) is 21.3 Å². The molecule has 3 atom stereocenters. The third-order valence-electron chi connectivity index (χ3n) is 5.14. The van der Waals surface area contributed by atoms with Crippen LogP contribution in [0.4, 0.5) is 0 Å². The minimum absolute atomic E-state index is 0.177. The predicted octanol–water partition coefficient (Wildman–Crippen LogP) is 2.40.